The van der Waals surface area contributed by atoms with Crippen molar-refractivity contribution >= 4 is 17.7 Å². The molecule has 1 amide bonds. The lowest BCUT2D eigenvalue weighted by molar-refractivity contribution is -0.127. The smallest absolute Gasteiger partial charge is 0.251 e. The summed E-state index contributed by atoms with van der Waals surface area (Å²) >= 11 is 1.55. The highest BCUT2D eigenvalue weighted by molar-refractivity contribution is 7.99. The molecule has 0 aromatic heterocycles. The van der Waals surface area contributed by atoms with E-state index in [1.807, 2.05) is 20.2 Å². The van der Waals surface area contributed by atoms with Crippen molar-refractivity contribution in [1.82, 2.24) is 10.2 Å². The van der Waals surface area contributed by atoms with Gasteiger partial charge in [0.15, 0.2) is 0 Å². The molecule has 58 valence electrons. The van der Waals surface area contributed by atoms with Gasteiger partial charge in [-0.05, 0) is 13.2 Å². The van der Waals surface area contributed by atoms with E-state index in [4.69, 9.17) is 0 Å². The number of amides is 1. The Morgan fingerprint density at radius 2 is 2.30 bits per heavy atom. The van der Waals surface area contributed by atoms with E-state index in [-0.39, 0.29) is 17.4 Å². The average molecular weight is 160 g/mol. The summed E-state index contributed by atoms with van der Waals surface area (Å²) in [5, 5.41) is 3.11. The molecular formula is C6H12N2OS. The van der Waals surface area contributed by atoms with Crippen molar-refractivity contribution in [2.75, 3.05) is 13.3 Å². The molecule has 2 unspecified atom stereocenters. The fourth-order valence-electron chi connectivity index (χ4n) is 0.947. The van der Waals surface area contributed by atoms with Gasteiger partial charge < -0.3 is 4.90 Å². The maximum absolute atomic E-state index is 11.2. The molecule has 0 aliphatic carbocycles. The van der Waals surface area contributed by atoms with Crippen LogP contribution in [0.2, 0.25) is 0 Å². The molecule has 1 saturated heterocycles. The molecule has 1 aliphatic rings. The second-order valence-corrected chi connectivity index (χ2v) is 3.35. The fraction of sp³-hybridized carbons (Fsp3) is 0.833. The predicted octanol–water partition coefficient (Wildman–Crippen LogP) is 0.0831. The van der Waals surface area contributed by atoms with E-state index in [9.17, 15) is 4.79 Å². The monoisotopic (exact) mass is 160 g/mol. The Kier molecular flexibility index (Phi) is 2.21. The maximum atomic E-state index is 11.2. The second kappa shape index (κ2) is 2.80. The Morgan fingerprint density at radius 3 is 2.50 bits per heavy atom. The molecule has 2 atom stereocenters. The van der Waals surface area contributed by atoms with E-state index < -0.39 is 0 Å². The lowest BCUT2D eigenvalue weighted by atomic mass is 10.5. The van der Waals surface area contributed by atoms with E-state index in [0.29, 0.717) is 0 Å². The van der Waals surface area contributed by atoms with Gasteiger partial charge in [-0.15, -0.1) is 11.8 Å². The van der Waals surface area contributed by atoms with Crippen LogP contribution in [0.5, 0.6) is 0 Å². The zero-order chi connectivity index (χ0) is 7.72. The lowest BCUT2D eigenvalue weighted by Gasteiger charge is -2.12. The van der Waals surface area contributed by atoms with Gasteiger partial charge in [0.05, 0.1) is 6.17 Å². The molecular weight excluding hydrogens is 148 g/mol. The van der Waals surface area contributed by atoms with E-state index in [0.717, 1.165) is 0 Å². The molecule has 10 heavy (non-hydrogen) atoms. The Labute approximate surface area is 65.2 Å². The summed E-state index contributed by atoms with van der Waals surface area (Å²) in [6.07, 6.45) is 2.12. The van der Waals surface area contributed by atoms with Crippen LogP contribution in [-0.4, -0.2) is 35.7 Å². The number of nitrogens with zero attached hydrogens (tertiary/aromatic N) is 1. The molecule has 0 spiro atoms. The third kappa shape index (κ3) is 1.13. The van der Waals surface area contributed by atoms with Crippen LogP contribution in [0.1, 0.15) is 6.92 Å². The highest BCUT2D eigenvalue weighted by Crippen LogP contribution is 2.15. The van der Waals surface area contributed by atoms with Crippen LogP contribution in [-0.2, 0) is 4.79 Å². The van der Waals surface area contributed by atoms with Crippen molar-refractivity contribution < 1.29 is 4.79 Å². The molecule has 0 bridgehead atoms. The van der Waals surface area contributed by atoms with Crippen molar-refractivity contribution in [3.63, 3.8) is 0 Å². The van der Waals surface area contributed by atoms with Crippen molar-refractivity contribution in [1.29, 1.82) is 0 Å². The van der Waals surface area contributed by atoms with E-state index in [2.05, 4.69) is 5.32 Å². The van der Waals surface area contributed by atoms with Gasteiger partial charge in [-0.1, -0.05) is 0 Å². The molecule has 1 aliphatic heterocycles. The average Bonchev–Trinajstić information content (AvgIpc) is 2.17. The summed E-state index contributed by atoms with van der Waals surface area (Å²) in [4.78, 5) is 12.9. The first-order valence-electron chi connectivity index (χ1n) is 3.22. The fourth-order valence-corrected chi connectivity index (χ4v) is 1.65. The normalized spacial score (nSPS) is 33.5. The minimum Gasteiger partial charge on any atom is -0.328 e. The van der Waals surface area contributed by atoms with E-state index in [1.54, 1.807) is 16.7 Å². The Bertz CT molecular complexity index is 151. The van der Waals surface area contributed by atoms with Crippen LogP contribution in [0.25, 0.3) is 0 Å². The van der Waals surface area contributed by atoms with E-state index in [1.165, 1.54) is 0 Å². The number of carbonyl (C=O) groups is 1. The summed E-state index contributed by atoms with van der Waals surface area (Å²) in [6.45, 7) is 1.98. The molecule has 1 fully saturated rings. The highest BCUT2D eigenvalue weighted by Gasteiger charge is 2.32. The van der Waals surface area contributed by atoms with Crippen LogP contribution >= 0.6 is 11.8 Å². The van der Waals surface area contributed by atoms with Gasteiger partial charge in [0, 0.05) is 7.05 Å². The van der Waals surface area contributed by atoms with Gasteiger partial charge in [-0.25, -0.2) is 0 Å². The molecule has 4 heteroatoms. The number of nitrogens with one attached hydrogen (secondary N) is 1. The topological polar surface area (TPSA) is 32.3 Å². The van der Waals surface area contributed by atoms with E-state index >= 15 is 0 Å². The molecule has 0 saturated carbocycles. The Morgan fingerprint density at radius 1 is 1.70 bits per heavy atom. The summed E-state index contributed by atoms with van der Waals surface area (Å²) in [7, 11) is 1.82. The number of thioether (sulfide) groups is 1. The van der Waals surface area contributed by atoms with Crippen LogP contribution in [0, 0.1) is 0 Å². The van der Waals surface area contributed by atoms with Gasteiger partial charge in [-0.2, -0.15) is 0 Å². The van der Waals surface area contributed by atoms with Crippen molar-refractivity contribution in [3.8, 4) is 0 Å². The number of hydrogen-bond acceptors (Lipinski definition) is 3. The second-order valence-electron chi connectivity index (χ2n) is 2.41. The van der Waals surface area contributed by atoms with Crippen LogP contribution in [0.15, 0.2) is 0 Å². The molecule has 0 radical (unpaired) electrons. The SMILES string of the molecule is CSC1NC(C)N(C)C1=O. The first-order chi connectivity index (χ1) is 4.66. The van der Waals surface area contributed by atoms with Crippen molar-refractivity contribution in [2.45, 2.75) is 18.5 Å². The third-order valence-electron chi connectivity index (χ3n) is 1.78. The van der Waals surface area contributed by atoms with Gasteiger partial charge in [-0.3, -0.25) is 10.1 Å². The van der Waals surface area contributed by atoms with Gasteiger partial charge >= 0.3 is 0 Å². The third-order valence-corrected chi connectivity index (χ3v) is 2.59. The Hall–Kier alpha value is -0.220. The zero-order valence-electron chi connectivity index (χ0n) is 6.42. The highest BCUT2D eigenvalue weighted by atomic mass is 32.2. The Balaban J connectivity index is 2.62. The van der Waals surface area contributed by atoms with Crippen LogP contribution in [0.4, 0.5) is 0 Å². The van der Waals surface area contributed by atoms with Crippen LogP contribution in [0.3, 0.4) is 0 Å². The first-order valence-corrected chi connectivity index (χ1v) is 4.51. The molecule has 1 rings (SSSR count). The molecule has 1 heterocycles. The molecule has 0 aromatic rings. The quantitative estimate of drug-likeness (QED) is 0.589. The van der Waals surface area contributed by atoms with Crippen molar-refractivity contribution in [3.05, 3.63) is 0 Å². The molecule has 0 aromatic carbocycles. The minimum absolute atomic E-state index is 0.0278. The summed E-state index contributed by atoms with van der Waals surface area (Å²) in [6, 6.07) is 0. The number of carbonyl (C=O) groups excluding carboxylic acids is 1. The molecule has 1 N–H and O–H groups in total. The van der Waals surface area contributed by atoms with Gasteiger partial charge in [0.2, 0.25) is 0 Å². The van der Waals surface area contributed by atoms with Crippen molar-refractivity contribution in [2.24, 2.45) is 0 Å². The first kappa shape index (κ1) is 7.88. The van der Waals surface area contributed by atoms with Gasteiger partial charge in [0.1, 0.15) is 5.37 Å². The molecule has 3 nitrogen and oxygen atoms in total. The van der Waals surface area contributed by atoms with Gasteiger partial charge in [0.25, 0.3) is 5.91 Å². The predicted molar refractivity (Wildman–Crippen MR) is 42.7 cm³/mol. The summed E-state index contributed by atoms with van der Waals surface area (Å²) in [5.41, 5.74) is 0. The summed E-state index contributed by atoms with van der Waals surface area (Å²) in [5.74, 6) is 0.181. The number of hydrogen-bond donors (Lipinski definition) is 1. The number of rotatable bonds is 1. The largest absolute Gasteiger partial charge is 0.328 e. The van der Waals surface area contributed by atoms with Crippen LogP contribution < -0.4 is 5.32 Å². The number of likely N-dealkylation sites (N-methyl/N-ethyl adjacent to an activating group) is 1. The summed E-state index contributed by atoms with van der Waals surface area (Å²) < 4.78 is 0. The standard InChI is InChI=1S/C6H12N2OS/c1-4-7-5(10-3)6(9)8(4)2/h4-5,7H,1-3H3. The maximum Gasteiger partial charge on any atom is 0.251 e. The minimum atomic E-state index is -0.0278. The lowest BCUT2D eigenvalue weighted by Crippen LogP contribution is -2.30. The zero-order valence-corrected chi connectivity index (χ0v) is 7.23.